The lowest BCUT2D eigenvalue weighted by Gasteiger charge is -2.09. The molecule has 94 valence electrons. The molecule has 0 aliphatic heterocycles. The summed E-state index contributed by atoms with van der Waals surface area (Å²) in [6, 6.07) is 3.52. The van der Waals surface area contributed by atoms with E-state index in [2.05, 4.69) is 15.0 Å². The number of nitrogens with zero attached hydrogens (tertiary/aromatic N) is 4. The Hall–Kier alpha value is -1.75. The molecule has 2 heterocycles. The Morgan fingerprint density at radius 1 is 1.11 bits per heavy atom. The quantitative estimate of drug-likeness (QED) is 0.774. The van der Waals surface area contributed by atoms with Crippen molar-refractivity contribution in [3.05, 3.63) is 50.7 Å². The zero-order valence-electron chi connectivity index (χ0n) is 10.4. The van der Waals surface area contributed by atoms with Crippen LogP contribution in [0.4, 0.5) is 0 Å². The smallest absolute Gasteiger partial charge is 0.289 e. The van der Waals surface area contributed by atoms with Gasteiger partial charge < -0.3 is 0 Å². The van der Waals surface area contributed by atoms with Crippen LogP contribution in [0.2, 0.25) is 5.15 Å². The molecule has 18 heavy (non-hydrogen) atoms. The van der Waals surface area contributed by atoms with Gasteiger partial charge in [-0.2, -0.15) is 4.98 Å². The molecule has 0 N–H and O–H groups in total. The van der Waals surface area contributed by atoms with E-state index in [0.717, 1.165) is 11.4 Å². The highest BCUT2D eigenvalue weighted by Gasteiger charge is 2.07. The highest BCUT2D eigenvalue weighted by atomic mass is 35.5. The zero-order valence-corrected chi connectivity index (χ0v) is 11.2. The lowest BCUT2D eigenvalue weighted by molar-refractivity contribution is 0.661. The van der Waals surface area contributed by atoms with Crippen LogP contribution in [-0.4, -0.2) is 19.5 Å². The standard InChI is InChI=1S/C12H13ClN4O/c1-7-4-9(3)17(12(18)15-7)6-11-14-8(2)5-10(13)16-11/h4-5H,6H2,1-3H3. The van der Waals surface area contributed by atoms with Crippen LogP contribution in [0.25, 0.3) is 0 Å². The molecule has 0 aliphatic carbocycles. The van der Waals surface area contributed by atoms with Gasteiger partial charge in [0.1, 0.15) is 11.0 Å². The van der Waals surface area contributed by atoms with Gasteiger partial charge in [-0.15, -0.1) is 0 Å². The number of aryl methyl sites for hydroxylation is 3. The molecule has 0 unspecified atom stereocenters. The summed E-state index contributed by atoms with van der Waals surface area (Å²) in [6.07, 6.45) is 0. The van der Waals surface area contributed by atoms with Crippen LogP contribution >= 0.6 is 11.6 Å². The van der Waals surface area contributed by atoms with Gasteiger partial charge in [0.15, 0.2) is 0 Å². The Kier molecular flexibility index (Phi) is 3.43. The van der Waals surface area contributed by atoms with Crippen molar-refractivity contribution < 1.29 is 0 Å². The maximum atomic E-state index is 11.8. The highest BCUT2D eigenvalue weighted by molar-refractivity contribution is 6.29. The first kappa shape index (κ1) is 12.7. The maximum Gasteiger partial charge on any atom is 0.348 e. The van der Waals surface area contributed by atoms with Gasteiger partial charge in [0, 0.05) is 17.1 Å². The largest absolute Gasteiger partial charge is 0.348 e. The zero-order chi connectivity index (χ0) is 13.3. The molecule has 0 atom stereocenters. The topological polar surface area (TPSA) is 60.7 Å². The maximum absolute atomic E-state index is 11.8. The first-order valence-corrected chi connectivity index (χ1v) is 5.88. The molecule has 2 aromatic rings. The summed E-state index contributed by atoms with van der Waals surface area (Å²) in [7, 11) is 0. The predicted octanol–water partition coefficient (Wildman–Crippen LogP) is 1.66. The van der Waals surface area contributed by atoms with Crippen LogP contribution in [0.15, 0.2) is 16.9 Å². The van der Waals surface area contributed by atoms with Gasteiger partial charge >= 0.3 is 5.69 Å². The molecule has 6 heteroatoms. The van der Waals surface area contributed by atoms with Crippen molar-refractivity contribution >= 4 is 11.6 Å². The van der Waals surface area contributed by atoms with E-state index in [0.29, 0.717) is 16.7 Å². The molecule has 0 fully saturated rings. The van der Waals surface area contributed by atoms with Crippen molar-refractivity contribution in [2.45, 2.75) is 27.3 Å². The van der Waals surface area contributed by atoms with Crippen LogP contribution < -0.4 is 5.69 Å². The van der Waals surface area contributed by atoms with E-state index in [4.69, 9.17) is 11.6 Å². The van der Waals surface area contributed by atoms with Crippen molar-refractivity contribution in [1.29, 1.82) is 0 Å². The SMILES string of the molecule is Cc1cc(Cl)nc(Cn2c(C)cc(C)nc2=O)n1. The van der Waals surface area contributed by atoms with Crippen molar-refractivity contribution in [1.82, 2.24) is 19.5 Å². The number of aromatic nitrogens is 4. The second kappa shape index (κ2) is 4.86. The van der Waals surface area contributed by atoms with Crippen molar-refractivity contribution in [2.24, 2.45) is 0 Å². The number of halogens is 1. The van der Waals surface area contributed by atoms with Gasteiger partial charge in [0.2, 0.25) is 0 Å². The second-order valence-electron chi connectivity index (χ2n) is 4.16. The molecule has 0 saturated heterocycles. The molecule has 0 amide bonds. The Morgan fingerprint density at radius 2 is 1.78 bits per heavy atom. The average Bonchev–Trinajstić information content (AvgIpc) is 2.22. The first-order valence-electron chi connectivity index (χ1n) is 5.51. The van der Waals surface area contributed by atoms with E-state index in [1.54, 1.807) is 13.0 Å². The molecule has 0 radical (unpaired) electrons. The Morgan fingerprint density at radius 3 is 2.39 bits per heavy atom. The number of hydrogen-bond donors (Lipinski definition) is 0. The minimum atomic E-state index is -0.297. The van der Waals surface area contributed by atoms with Crippen molar-refractivity contribution in [3.8, 4) is 0 Å². The van der Waals surface area contributed by atoms with Crippen LogP contribution in [-0.2, 0) is 6.54 Å². The molecule has 2 aromatic heterocycles. The third-order valence-corrected chi connectivity index (χ3v) is 2.71. The van der Waals surface area contributed by atoms with Gasteiger partial charge in [0.05, 0.1) is 6.54 Å². The Bertz CT molecular complexity index is 631. The molecular weight excluding hydrogens is 252 g/mol. The highest BCUT2D eigenvalue weighted by Crippen LogP contribution is 2.08. The van der Waals surface area contributed by atoms with E-state index in [1.807, 2.05) is 19.9 Å². The van der Waals surface area contributed by atoms with Crippen molar-refractivity contribution in [3.63, 3.8) is 0 Å². The van der Waals surface area contributed by atoms with Crippen LogP contribution in [0, 0.1) is 20.8 Å². The van der Waals surface area contributed by atoms with Crippen molar-refractivity contribution in [2.75, 3.05) is 0 Å². The second-order valence-corrected chi connectivity index (χ2v) is 4.54. The number of rotatable bonds is 2. The fourth-order valence-corrected chi connectivity index (χ4v) is 2.02. The summed E-state index contributed by atoms with van der Waals surface area (Å²) in [4.78, 5) is 24.0. The van der Waals surface area contributed by atoms with Crippen LogP contribution in [0.5, 0.6) is 0 Å². The Labute approximate surface area is 110 Å². The molecule has 5 nitrogen and oxygen atoms in total. The summed E-state index contributed by atoms with van der Waals surface area (Å²) in [5, 5.41) is 0.378. The lowest BCUT2D eigenvalue weighted by atomic mass is 10.3. The van der Waals surface area contributed by atoms with Gasteiger partial charge in [-0.25, -0.2) is 14.8 Å². The molecule has 0 bridgehead atoms. The van der Waals surface area contributed by atoms with Gasteiger partial charge in [0.25, 0.3) is 0 Å². The van der Waals surface area contributed by atoms with Gasteiger partial charge in [-0.05, 0) is 32.9 Å². The minimum absolute atomic E-state index is 0.277. The third-order valence-electron chi connectivity index (χ3n) is 2.52. The first-order chi connectivity index (χ1) is 8.45. The monoisotopic (exact) mass is 264 g/mol. The molecule has 0 aliphatic rings. The van der Waals surface area contributed by atoms with E-state index < -0.39 is 0 Å². The Balaban J connectivity index is 2.43. The predicted molar refractivity (Wildman–Crippen MR) is 68.9 cm³/mol. The summed E-state index contributed by atoms with van der Waals surface area (Å²) < 4.78 is 1.53. The molecule has 0 aromatic carbocycles. The lowest BCUT2D eigenvalue weighted by Crippen LogP contribution is -2.26. The van der Waals surface area contributed by atoms with E-state index in [-0.39, 0.29) is 12.2 Å². The summed E-state index contributed by atoms with van der Waals surface area (Å²) in [5.41, 5.74) is 2.01. The fraction of sp³-hybridized carbons (Fsp3) is 0.333. The summed E-state index contributed by atoms with van der Waals surface area (Å²) in [6.45, 7) is 5.76. The van der Waals surface area contributed by atoms with Gasteiger partial charge in [-0.1, -0.05) is 11.6 Å². The van der Waals surface area contributed by atoms with E-state index >= 15 is 0 Å². The molecule has 0 spiro atoms. The van der Waals surface area contributed by atoms with E-state index in [1.165, 1.54) is 4.57 Å². The average molecular weight is 265 g/mol. The van der Waals surface area contributed by atoms with Gasteiger partial charge in [-0.3, -0.25) is 4.57 Å². The summed E-state index contributed by atoms with van der Waals surface area (Å²) in [5.74, 6) is 0.510. The minimum Gasteiger partial charge on any atom is -0.289 e. The van der Waals surface area contributed by atoms with Crippen LogP contribution in [0.1, 0.15) is 22.9 Å². The van der Waals surface area contributed by atoms with E-state index in [9.17, 15) is 4.79 Å². The fourth-order valence-electron chi connectivity index (χ4n) is 1.77. The number of hydrogen-bond acceptors (Lipinski definition) is 4. The molecular formula is C12H13ClN4O. The molecule has 2 rings (SSSR count). The summed E-state index contributed by atoms with van der Waals surface area (Å²) >= 11 is 5.87. The normalized spacial score (nSPS) is 10.7. The molecule has 0 saturated carbocycles. The third kappa shape index (κ3) is 2.73. The van der Waals surface area contributed by atoms with Crippen LogP contribution in [0.3, 0.4) is 0 Å².